The number of anilines is 2. The number of imide groups is 1. The fourth-order valence-electron chi connectivity index (χ4n) is 3.12. The normalized spacial score (nSPS) is 12.4. The van der Waals surface area contributed by atoms with Gasteiger partial charge in [-0.1, -0.05) is 45.9 Å². The molecule has 1 aliphatic heterocycles. The summed E-state index contributed by atoms with van der Waals surface area (Å²) in [6.45, 7) is 8.43. The number of ether oxygens (including phenoxy) is 2. The molecule has 6 heteroatoms. The first-order chi connectivity index (χ1) is 12.9. The van der Waals surface area contributed by atoms with E-state index in [1.165, 1.54) is 0 Å². The number of benzene rings is 2. The van der Waals surface area contributed by atoms with Crippen LogP contribution in [0.1, 0.15) is 50.7 Å². The number of nitrogens with zero attached hydrogens (tertiary/aromatic N) is 1. The Bertz CT molecular complexity index is 835. The molecule has 0 aromatic heterocycles. The maximum Gasteiger partial charge on any atom is 0.332 e. The standard InChI is InChI=1S/C21H24N2O4/c1-13(2)16-6-5-7-17(14(3)4)20(16)22-21(25)23(11-24)15-8-9-18-19(10-15)27-12-26-18/h5-11,13-14H,12H2,1-4H3,(H,22,25). The summed E-state index contributed by atoms with van der Waals surface area (Å²) in [5.41, 5.74) is 3.25. The minimum absolute atomic E-state index is 0.131. The second-order valence-electron chi connectivity index (χ2n) is 7.06. The Morgan fingerprint density at radius 1 is 1.04 bits per heavy atom. The first-order valence-corrected chi connectivity index (χ1v) is 9.00. The van der Waals surface area contributed by atoms with Crippen LogP contribution in [0.5, 0.6) is 11.5 Å². The lowest BCUT2D eigenvalue weighted by molar-refractivity contribution is -0.106. The number of amides is 3. The molecule has 142 valence electrons. The molecule has 0 aliphatic carbocycles. The minimum Gasteiger partial charge on any atom is -0.454 e. The third-order valence-electron chi connectivity index (χ3n) is 4.56. The van der Waals surface area contributed by atoms with Crippen LogP contribution in [-0.2, 0) is 4.79 Å². The molecule has 6 nitrogen and oxygen atoms in total. The van der Waals surface area contributed by atoms with Gasteiger partial charge in [-0.3, -0.25) is 4.79 Å². The van der Waals surface area contributed by atoms with Crippen LogP contribution in [0.4, 0.5) is 16.2 Å². The molecule has 1 aliphatic rings. The highest BCUT2D eigenvalue weighted by atomic mass is 16.7. The zero-order valence-electron chi connectivity index (χ0n) is 16.0. The van der Waals surface area contributed by atoms with Gasteiger partial charge in [0.1, 0.15) is 0 Å². The molecule has 3 amide bonds. The Labute approximate surface area is 159 Å². The molecule has 3 rings (SSSR count). The van der Waals surface area contributed by atoms with E-state index in [2.05, 4.69) is 33.0 Å². The smallest absolute Gasteiger partial charge is 0.332 e. The lowest BCUT2D eigenvalue weighted by Crippen LogP contribution is -2.34. The number of urea groups is 1. The van der Waals surface area contributed by atoms with Crippen LogP contribution in [-0.4, -0.2) is 19.2 Å². The van der Waals surface area contributed by atoms with Crippen molar-refractivity contribution in [2.24, 2.45) is 0 Å². The van der Waals surface area contributed by atoms with Crippen molar-refractivity contribution in [1.29, 1.82) is 0 Å². The van der Waals surface area contributed by atoms with Gasteiger partial charge < -0.3 is 14.8 Å². The molecule has 1 heterocycles. The second kappa shape index (κ2) is 7.70. The molecule has 0 unspecified atom stereocenters. The number of fused-ring (bicyclic) bond motifs is 1. The number of carbonyl (C=O) groups excluding carboxylic acids is 2. The molecule has 0 atom stereocenters. The van der Waals surface area contributed by atoms with Gasteiger partial charge in [0.15, 0.2) is 11.5 Å². The maximum absolute atomic E-state index is 12.9. The molecule has 0 fully saturated rings. The van der Waals surface area contributed by atoms with Crippen LogP contribution in [0, 0.1) is 0 Å². The summed E-state index contributed by atoms with van der Waals surface area (Å²) in [6, 6.07) is 10.4. The van der Waals surface area contributed by atoms with E-state index in [1.807, 2.05) is 18.2 Å². The van der Waals surface area contributed by atoms with E-state index in [0.29, 0.717) is 23.6 Å². The summed E-state index contributed by atoms with van der Waals surface area (Å²) < 4.78 is 10.6. The first kappa shape index (κ1) is 18.8. The van der Waals surface area contributed by atoms with Crippen LogP contribution in [0.15, 0.2) is 36.4 Å². The third-order valence-corrected chi connectivity index (χ3v) is 4.56. The van der Waals surface area contributed by atoms with Crippen molar-refractivity contribution < 1.29 is 19.1 Å². The topological polar surface area (TPSA) is 67.9 Å². The largest absolute Gasteiger partial charge is 0.454 e. The van der Waals surface area contributed by atoms with E-state index in [1.54, 1.807) is 18.2 Å². The van der Waals surface area contributed by atoms with E-state index < -0.39 is 6.03 Å². The molecular weight excluding hydrogens is 344 g/mol. The van der Waals surface area contributed by atoms with E-state index >= 15 is 0 Å². The van der Waals surface area contributed by atoms with Crippen molar-refractivity contribution in [2.75, 3.05) is 17.0 Å². The number of hydrogen-bond donors (Lipinski definition) is 1. The van der Waals surface area contributed by atoms with Crippen molar-refractivity contribution in [2.45, 2.75) is 39.5 Å². The van der Waals surface area contributed by atoms with Crippen molar-refractivity contribution in [1.82, 2.24) is 0 Å². The predicted octanol–water partition coefficient (Wildman–Crippen LogP) is 4.86. The van der Waals surface area contributed by atoms with Crippen molar-refractivity contribution in [3.63, 3.8) is 0 Å². The van der Waals surface area contributed by atoms with E-state index in [9.17, 15) is 9.59 Å². The molecule has 0 spiro atoms. The molecule has 0 radical (unpaired) electrons. The van der Waals surface area contributed by atoms with Gasteiger partial charge in [-0.2, -0.15) is 0 Å². The Balaban J connectivity index is 1.93. The van der Waals surface area contributed by atoms with Crippen LogP contribution >= 0.6 is 0 Å². The van der Waals surface area contributed by atoms with Crippen LogP contribution < -0.4 is 19.7 Å². The molecule has 2 aromatic carbocycles. The van der Waals surface area contributed by atoms with Gasteiger partial charge in [-0.15, -0.1) is 0 Å². The zero-order valence-corrected chi connectivity index (χ0v) is 16.0. The Kier molecular flexibility index (Phi) is 5.35. The maximum atomic E-state index is 12.9. The van der Waals surface area contributed by atoms with Gasteiger partial charge in [-0.05, 0) is 35.1 Å². The average molecular weight is 368 g/mol. The summed E-state index contributed by atoms with van der Waals surface area (Å²) in [5.74, 6) is 1.57. The summed E-state index contributed by atoms with van der Waals surface area (Å²) >= 11 is 0. The average Bonchev–Trinajstić information content (AvgIpc) is 3.10. The molecule has 2 aromatic rings. The quantitative estimate of drug-likeness (QED) is 0.766. The highest BCUT2D eigenvalue weighted by Gasteiger charge is 2.22. The summed E-state index contributed by atoms with van der Waals surface area (Å²) in [4.78, 5) is 25.6. The van der Waals surface area contributed by atoms with Gasteiger partial charge >= 0.3 is 6.03 Å². The number of hydrogen-bond acceptors (Lipinski definition) is 4. The molecule has 0 saturated carbocycles. The number of rotatable bonds is 5. The lowest BCUT2D eigenvalue weighted by Gasteiger charge is -2.23. The van der Waals surface area contributed by atoms with Gasteiger partial charge in [0.05, 0.1) is 5.69 Å². The van der Waals surface area contributed by atoms with Gasteiger partial charge in [0, 0.05) is 11.8 Å². The highest BCUT2D eigenvalue weighted by Crippen LogP contribution is 2.36. The van der Waals surface area contributed by atoms with Gasteiger partial charge in [0.25, 0.3) is 0 Å². The number of nitrogens with one attached hydrogen (secondary N) is 1. The van der Waals surface area contributed by atoms with Crippen LogP contribution in [0.3, 0.4) is 0 Å². The SMILES string of the molecule is CC(C)c1cccc(C(C)C)c1NC(=O)N(C=O)c1ccc2c(c1)OCO2. The summed E-state index contributed by atoms with van der Waals surface area (Å²) in [7, 11) is 0. The Morgan fingerprint density at radius 3 is 2.26 bits per heavy atom. The summed E-state index contributed by atoms with van der Waals surface area (Å²) in [5, 5.41) is 2.94. The lowest BCUT2D eigenvalue weighted by atomic mass is 9.93. The van der Waals surface area contributed by atoms with Crippen LogP contribution in [0.25, 0.3) is 0 Å². The fourth-order valence-corrected chi connectivity index (χ4v) is 3.12. The zero-order chi connectivity index (χ0) is 19.6. The Hall–Kier alpha value is -3.02. The first-order valence-electron chi connectivity index (χ1n) is 9.00. The minimum atomic E-state index is -0.515. The van der Waals surface area contributed by atoms with Crippen molar-refractivity contribution >= 4 is 23.8 Å². The second-order valence-corrected chi connectivity index (χ2v) is 7.06. The molecule has 27 heavy (non-hydrogen) atoms. The van der Waals surface area contributed by atoms with Gasteiger partial charge in [0.2, 0.25) is 13.2 Å². The highest BCUT2D eigenvalue weighted by molar-refractivity contribution is 6.12. The molecule has 0 saturated heterocycles. The van der Waals surface area contributed by atoms with E-state index in [0.717, 1.165) is 21.7 Å². The van der Waals surface area contributed by atoms with Crippen LogP contribution in [0.2, 0.25) is 0 Å². The third kappa shape index (κ3) is 3.74. The van der Waals surface area contributed by atoms with E-state index in [-0.39, 0.29) is 18.6 Å². The van der Waals surface area contributed by atoms with Crippen molar-refractivity contribution in [3.8, 4) is 11.5 Å². The van der Waals surface area contributed by atoms with E-state index in [4.69, 9.17) is 9.47 Å². The molecule has 1 N–H and O–H groups in total. The molecular formula is C21H24N2O4. The molecule has 0 bridgehead atoms. The van der Waals surface area contributed by atoms with Crippen molar-refractivity contribution in [3.05, 3.63) is 47.5 Å². The monoisotopic (exact) mass is 368 g/mol. The number of carbonyl (C=O) groups is 2. The Morgan fingerprint density at radius 2 is 1.67 bits per heavy atom. The fraction of sp³-hybridized carbons (Fsp3) is 0.333. The predicted molar refractivity (Wildman–Crippen MR) is 105 cm³/mol. The van der Waals surface area contributed by atoms with Gasteiger partial charge in [-0.25, -0.2) is 9.69 Å². The summed E-state index contributed by atoms with van der Waals surface area (Å²) in [6.07, 6.45) is 0.500. The number of para-hydroxylation sites is 1.